The second-order valence-corrected chi connectivity index (χ2v) is 9.62. The van der Waals surface area contributed by atoms with E-state index in [1.165, 1.54) is 18.4 Å². The molecule has 0 aromatic heterocycles. The zero-order chi connectivity index (χ0) is 26.0. The maximum atomic E-state index is 12.9. The van der Waals surface area contributed by atoms with Gasteiger partial charge in [0.1, 0.15) is 11.9 Å². The van der Waals surface area contributed by atoms with Gasteiger partial charge in [-0.3, -0.25) is 9.59 Å². The highest BCUT2D eigenvalue weighted by molar-refractivity contribution is 6.31. The number of hydrogen-bond donors (Lipinski definition) is 4. The molecule has 7 nitrogen and oxygen atoms in total. The Kier molecular flexibility index (Phi) is 10.8. The van der Waals surface area contributed by atoms with Crippen LogP contribution < -0.4 is 16.0 Å². The van der Waals surface area contributed by atoms with Gasteiger partial charge in [0.05, 0.1) is 16.9 Å². The molecule has 1 fully saturated rings. The Morgan fingerprint density at radius 1 is 1.37 bits per heavy atom. The zero-order valence-electron chi connectivity index (χ0n) is 20.4. The first kappa shape index (κ1) is 28.4. The topological polar surface area (TPSA) is 99.7 Å². The number of amides is 2. The first-order valence-corrected chi connectivity index (χ1v) is 12.0. The van der Waals surface area contributed by atoms with Gasteiger partial charge in [-0.05, 0) is 75.3 Å². The maximum absolute atomic E-state index is 12.9. The van der Waals surface area contributed by atoms with E-state index in [1.807, 2.05) is 0 Å². The third-order valence-corrected chi connectivity index (χ3v) is 5.86. The predicted octanol–water partition coefficient (Wildman–Crippen LogP) is 4.15. The van der Waals surface area contributed by atoms with Crippen molar-refractivity contribution in [2.75, 3.05) is 13.2 Å². The van der Waals surface area contributed by atoms with Gasteiger partial charge in [-0.2, -0.15) is 0 Å². The quantitative estimate of drug-likeness (QED) is 0.222. The average Bonchev–Trinajstić information content (AvgIpc) is 3.10. The number of dihydropyridines is 1. The SMILES string of the molecule is C=C(CCNC(=O)C1NC2=CC(CCC(C)(C)O)=C1CCC2)NC(=O)CO/C=C/C=C(/Cl)C(=C)F. The summed E-state index contributed by atoms with van der Waals surface area (Å²) in [6.45, 7) is 10.5. The van der Waals surface area contributed by atoms with Crippen LogP contribution in [0, 0.1) is 0 Å². The van der Waals surface area contributed by atoms with Gasteiger partial charge >= 0.3 is 0 Å². The van der Waals surface area contributed by atoms with Crippen molar-refractivity contribution in [2.24, 2.45) is 0 Å². The molecule has 4 N–H and O–H groups in total. The Hall–Kier alpha value is -2.84. The lowest BCUT2D eigenvalue weighted by Crippen LogP contribution is -2.46. The van der Waals surface area contributed by atoms with Gasteiger partial charge in [0, 0.05) is 24.4 Å². The molecule has 192 valence electrons. The number of fused-ring (bicyclic) bond motifs is 4. The summed E-state index contributed by atoms with van der Waals surface area (Å²) < 4.78 is 17.7. The highest BCUT2D eigenvalue weighted by Gasteiger charge is 2.31. The van der Waals surface area contributed by atoms with E-state index in [1.54, 1.807) is 13.8 Å². The molecule has 0 saturated carbocycles. The summed E-state index contributed by atoms with van der Waals surface area (Å²) in [5, 5.41) is 18.8. The van der Waals surface area contributed by atoms with Gasteiger partial charge in [0.2, 0.25) is 5.91 Å². The number of nitrogens with one attached hydrogen (secondary N) is 3. The molecule has 1 aliphatic carbocycles. The third-order valence-electron chi connectivity index (χ3n) is 5.53. The zero-order valence-corrected chi connectivity index (χ0v) is 21.1. The molecule has 2 amide bonds. The molecule has 1 atom stereocenters. The minimum atomic E-state index is -0.764. The number of aliphatic hydroxyl groups is 1. The first-order valence-electron chi connectivity index (χ1n) is 11.6. The second kappa shape index (κ2) is 13.3. The summed E-state index contributed by atoms with van der Waals surface area (Å²) in [6, 6.07) is -0.422. The number of carbonyl (C=O) groups excluding carboxylic acids is 2. The van der Waals surface area contributed by atoms with Crippen molar-refractivity contribution >= 4 is 23.4 Å². The van der Waals surface area contributed by atoms with E-state index < -0.39 is 23.4 Å². The largest absolute Gasteiger partial charge is 0.491 e. The number of ether oxygens (including phenoxy) is 1. The molecule has 3 aliphatic rings. The van der Waals surface area contributed by atoms with Crippen LogP contribution in [-0.4, -0.2) is 41.7 Å². The van der Waals surface area contributed by atoms with E-state index in [0.717, 1.165) is 42.5 Å². The normalized spacial score (nSPS) is 18.0. The van der Waals surface area contributed by atoms with E-state index in [2.05, 4.69) is 35.2 Å². The molecule has 0 aromatic carbocycles. The van der Waals surface area contributed by atoms with Crippen molar-refractivity contribution in [1.29, 1.82) is 0 Å². The number of rotatable bonds is 13. The Morgan fingerprint density at radius 3 is 2.80 bits per heavy atom. The molecule has 35 heavy (non-hydrogen) atoms. The third kappa shape index (κ3) is 10.1. The van der Waals surface area contributed by atoms with Crippen molar-refractivity contribution in [3.63, 3.8) is 0 Å². The van der Waals surface area contributed by atoms with Crippen molar-refractivity contribution in [2.45, 2.75) is 64.0 Å². The van der Waals surface area contributed by atoms with Crippen molar-refractivity contribution in [3.05, 3.63) is 71.0 Å². The summed E-state index contributed by atoms with van der Waals surface area (Å²) in [4.78, 5) is 24.8. The van der Waals surface area contributed by atoms with Gasteiger partial charge in [-0.25, -0.2) is 4.39 Å². The lowest BCUT2D eigenvalue weighted by molar-refractivity contribution is -0.123. The lowest BCUT2D eigenvalue weighted by Gasteiger charge is -2.28. The van der Waals surface area contributed by atoms with Crippen LogP contribution in [0.2, 0.25) is 0 Å². The number of carbonyl (C=O) groups is 2. The summed E-state index contributed by atoms with van der Waals surface area (Å²) in [6.07, 6.45) is 10.4. The smallest absolute Gasteiger partial charge is 0.261 e. The number of hydrogen-bond acceptors (Lipinski definition) is 5. The molecule has 0 aromatic rings. The van der Waals surface area contributed by atoms with E-state index in [9.17, 15) is 19.1 Å². The maximum Gasteiger partial charge on any atom is 0.261 e. The molecule has 2 heterocycles. The molecule has 0 spiro atoms. The first-order chi connectivity index (χ1) is 16.5. The van der Waals surface area contributed by atoms with E-state index in [4.69, 9.17) is 16.3 Å². The van der Waals surface area contributed by atoms with Crippen LogP contribution >= 0.6 is 11.6 Å². The second-order valence-electron chi connectivity index (χ2n) is 9.22. The van der Waals surface area contributed by atoms with Crippen LogP contribution in [0.3, 0.4) is 0 Å². The summed E-state index contributed by atoms with van der Waals surface area (Å²) in [7, 11) is 0. The molecule has 0 radical (unpaired) electrons. The Morgan fingerprint density at radius 2 is 2.11 bits per heavy atom. The fourth-order valence-corrected chi connectivity index (χ4v) is 3.82. The van der Waals surface area contributed by atoms with Gasteiger partial charge in [0.25, 0.3) is 5.91 Å². The fourth-order valence-electron chi connectivity index (χ4n) is 3.75. The van der Waals surface area contributed by atoms with Gasteiger partial charge < -0.3 is 25.8 Å². The number of allylic oxidation sites excluding steroid dienone is 7. The van der Waals surface area contributed by atoms with Crippen LogP contribution in [-0.2, 0) is 14.3 Å². The van der Waals surface area contributed by atoms with Gasteiger partial charge in [0.15, 0.2) is 6.61 Å². The minimum Gasteiger partial charge on any atom is -0.491 e. The molecule has 1 saturated heterocycles. The highest BCUT2D eigenvalue weighted by Crippen LogP contribution is 2.33. The van der Waals surface area contributed by atoms with Crippen molar-refractivity contribution < 1.29 is 23.8 Å². The summed E-state index contributed by atoms with van der Waals surface area (Å²) in [5.41, 5.74) is 2.96. The molecular formula is C26H35ClFN3O4. The fraction of sp³-hybridized carbons (Fsp3) is 0.462. The average molecular weight is 508 g/mol. The molecule has 2 aliphatic heterocycles. The Bertz CT molecular complexity index is 960. The Labute approximate surface area is 211 Å². The van der Waals surface area contributed by atoms with E-state index >= 15 is 0 Å². The van der Waals surface area contributed by atoms with Gasteiger partial charge in [-0.1, -0.05) is 24.8 Å². The van der Waals surface area contributed by atoms with E-state index in [0.29, 0.717) is 25.1 Å². The highest BCUT2D eigenvalue weighted by atomic mass is 35.5. The van der Waals surface area contributed by atoms with Crippen LogP contribution in [0.1, 0.15) is 52.4 Å². The minimum absolute atomic E-state index is 0.122. The molecule has 9 heteroatoms. The lowest BCUT2D eigenvalue weighted by atomic mass is 9.89. The van der Waals surface area contributed by atoms with Crippen molar-refractivity contribution in [1.82, 2.24) is 16.0 Å². The van der Waals surface area contributed by atoms with Crippen LogP contribution in [0.5, 0.6) is 0 Å². The van der Waals surface area contributed by atoms with Crippen LogP contribution in [0.4, 0.5) is 4.39 Å². The molecule has 2 bridgehead atoms. The Balaban J connectivity index is 1.77. The van der Waals surface area contributed by atoms with Crippen LogP contribution in [0.25, 0.3) is 0 Å². The summed E-state index contributed by atoms with van der Waals surface area (Å²) in [5.74, 6) is -1.30. The van der Waals surface area contributed by atoms with Gasteiger partial charge in [-0.15, -0.1) is 0 Å². The summed E-state index contributed by atoms with van der Waals surface area (Å²) >= 11 is 5.55. The predicted molar refractivity (Wildman–Crippen MR) is 136 cm³/mol. The van der Waals surface area contributed by atoms with Crippen LogP contribution in [0.15, 0.2) is 71.0 Å². The standard InChI is InChI=1S/C26H35ClFN3O4/c1-17(30-23(32)16-35-14-6-9-22(27)18(2)28)11-13-29-25(33)24-21-8-5-7-20(31-24)15-19(21)10-12-26(3,4)34/h6,9,14-15,24,31,34H,1-2,5,7-8,10-13,16H2,3-4H3,(H,29,33)(H,30,32)/b14-6+,22-9+. The van der Waals surface area contributed by atoms with E-state index in [-0.39, 0.29) is 17.5 Å². The monoisotopic (exact) mass is 507 g/mol. The molecular weight excluding hydrogens is 473 g/mol. The molecule has 3 rings (SSSR count). The molecule has 1 unspecified atom stereocenters. The van der Waals surface area contributed by atoms with Crippen molar-refractivity contribution in [3.8, 4) is 0 Å². The number of halogens is 2.